The number of aromatic nitrogens is 1. The maximum absolute atomic E-state index is 13.1. The van der Waals surface area contributed by atoms with Crippen LogP contribution in [0.3, 0.4) is 0 Å². The molecule has 0 fully saturated rings. The van der Waals surface area contributed by atoms with Gasteiger partial charge >= 0.3 is 0 Å². The molecule has 8 nitrogen and oxygen atoms in total. The van der Waals surface area contributed by atoms with Gasteiger partial charge in [0, 0.05) is 23.9 Å². The lowest BCUT2D eigenvalue weighted by Crippen LogP contribution is -2.45. The molecule has 2 aliphatic heterocycles. The van der Waals surface area contributed by atoms with Crippen LogP contribution in [0.25, 0.3) is 0 Å². The van der Waals surface area contributed by atoms with Gasteiger partial charge in [-0.3, -0.25) is 9.10 Å². The van der Waals surface area contributed by atoms with E-state index in [-0.39, 0.29) is 16.1 Å². The summed E-state index contributed by atoms with van der Waals surface area (Å²) in [5.41, 5.74) is 0.422. The van der Waals surface area contributed by atoms with Gasteiger partial charge in [-0.15, -0.1) is 0 Å². The predicted molar refractivity (Wildman–Crippen MR) is 105 cm³/mol. The molecule has 0 aliphatic carbocycles. The van der Waals surface area contributed by atoms with Gasteiger partial charge in [-0.1, -0.05) is 25.9 Å². The highest BCUT2D eigenvalue weighted by atomic mass is 32.2. The first kappa shape index (κ1) is 19.6. The minimum Gasteiger partial charge on any atom is -0.359 e. The highest BCUT2D eigenvalue weighted by molar-refractivity contribution is 7.97. The van der Waals surface area contributed by atoms with Crippen LogP contribution in [-0.2, 0) is 20.0 Å². The summed E-state index contributed by atoms with van der Waals surface area (Å²) in [4.78, 5) is 12.8. The Morgan fingerprint density at radius 2 is 2.00 bits per heavy atom. The minimum absolute atomic E-state index is 0.0741. The number of carbonyl (C=O) groups excluding carboxylic acids is 1. The molecule has 3 heterocycles. The Kier molecular flexibility index (Phi) is 4.67. The van der Waals surface area contributed by atoms with E-state index in [2.05, 4.69) is 15.2 Å². The van der Waals surface area contributed by atoms with Gasteiger partial charge in [-0.05, 0) is 26.0 Å². The van der Waals surface area contributed by atoms with Crippen LogP contribution in [0.15, 0.2) is 45.7 Å². The number of allylic oxidation sites excluding steroid dienone is 2. The van der Waals surface area contributed by atoms with Crippen LogP contribution >= 0.6 is 12.1 Å². The third kappa shape index (κ3) is 3.51. The number of amides is 1. The van der Waals surface area contributed by atoms with Crippen molar-refractivity contribution in [3.8, 4) is 0 Å². The molecule has 3 rings (SSSR count). The Morgan fingerprint density at radius 3 is 2.63 bits per heavy atom. The number of hydrogen-bond acceptors (Lipinski definition) is 8. The van der Waals surface area contributed by atoms with Crippen molar-refractivity contribution >= 4 is 33.7 Å². The van der Waals surface area contributed by atoms with E-state index in [1.165, 1.54) is 38.1 Å². The molecule has 0 radical (unpaired) electrons. The molecule has 0 aromatic carbocycles. The molecule has 0 atom stereocenters. The molecule has 0 spiro atoms. The number of fused-ring (bicyclic) bond motifs is 1. The maximum atomic E-state index is 13.1. The topological polar surface area (TPSA) is 105 Å². The SMILES string of the molecule is CC(C)(C)c1cc(NC(=O)C(C)(C)S(=O)(=O)C2=CC3=CNSN3C=C2)no1. The van der Waals surface area contributed by atoms with E-state index < -0.39 is 20.5 Å². The Labute approximate surface area is 162 Å². The van der Waals surface area contributed by atoms with Crippen molar-refractivity contribution in [1.29, 1.82) is 0 Å². The van der Waals surface area contributed by atoms with Crippen LogP contribution in [-0.4, -0.2) is 28.5 Å². The summed E-state index contributed by atoms with van der Waals surface area (Å²) in [5.74, 6) is 0.0992. The molecule has 27 heavy (non-hydrogen) atoms. The lowest BCUT2D eigenvalue weighted by Gasteiger charge is -2.26. The number of hydrogen-bond donors (Lipinski definition) is 2. The molecule has 2 N–H and O–H groups in total. The Bertz CT molecular complexity index is 965. The van der Waals surface area contributed by atoms with Gasteiger partial charge < -0.3 is 14.6 Å². The quantitative estimate of drug-likeness (QED) is 0.730. The van der Waals surface area contributed by atoms with E-state index >= 15 is 0 Å². The molecular formula is C17H22N4O4S2. The largest absolute Gasteiger partial charge is 0.359 e. The first-order chi connectivity index (χ1) is 12.4. The first-order valence-electron chi connectivity index (χ1n) is 8.28. The van der Waals surface area contributed by atoms with Gasteiger partial charge in [-0.25, -0.2) is 8.42 Å². The van der Waals surface area contributed by atoms with E-state index in [0.29, 0.717) is 11.5 Å². The van der Waals surface area contributed by atoms with Crippen molar-refractivity contribution in [2.75, 3.05) is 5.32 Å². The lowest BCUT2D eigenvalue weighted by atomic mass is 9.93. The zero-order chi connectivity index (χ0) is 20.0. The molecule has 1 aromatic heterocycles. The van der Waals surface area contributed by atoms with Crippen LogP contribution in [0.2, 0.25) is 0 Å². The second kappa shape index (κ2) is 6.45. The van der Waals surface area contributed by atoms with Gasteiger partial charge in [0.2, 0.25) is 5.91 Å². The van der Waals surface area contributed by atoms with Crippen LogP contribution in [0, 0.1) is 0 Å². The molecule has 1 aromatic rings. The fraction of sp³-hybridized carbons (Fsp3) is 0.412. The predicted octanol–water partition coefficient (Wildman–Crippen LogP) is 2.83. The fourth-order valence-electron chi connectivity index (χ4n) is 2.35. The Hall–Kier alpha value is -2.20. The summed E-state index contributed by atoms with van der Waals surface area (Å²) < 4.78 is 34.4. The molecule has 0 bridgehead atoms. The standard InChI is InChI=1S/C17H22N4O4S2/c1-16(2,3)13-9-14(20-25-13)19-15(22)17(4,5)27(23,24)12-6-7-21-11(8-12)10-18-26-21/h6-10,18H,1-5H3,(H,19,20,22). The van der Waals surface area contributed by atoms with Gasteiger partial charge in [-0.2, -0.15) is 0 Å². The first-order valence-corrected chi connectivity index (χ1v) is 10.5. The number of rotatable bonds is 4. The van der Waals surface area contributed by atoms with Crippen LogP contribution < -0.4 is 10.0 Å². The minimum atomic E-state index is -3.94. The summed E-state index contributed by atoms with van der Waals surface area (Å²) in [6, 6.07) is 1.60. The molecule has 1 amide bonds. The highest BCUT2D eigenvalue weighted by Gasteiger charge is 2.44. The number of nitrogens with one attached hydrogen (secondary N) is 2. The van der Waals surface area contributed by atoms with Crippen LogP contribution in [0.5, 0.6) is 0 Å². The molecule has 0 saturated carbocycles. The fourth-order valence-corrected chi connectivity index (χ4v) is 4.37. The number of sulfone groups is 1. The second-order valence-corrected chi connectivity index (χ2v) is 11.1. The van der Waals surface area contributed by atoms with Gasteiger partial charge in [0.15, 0.2) is 15.7 Å². The van der Waals surface area contributed by atoms with E-state index in [1.807, 2.05) is 20.8 Å². The van der Waals surface area contributed by atoms with Crippen molar-refractivity contribution < 1.29 is 17.7 Å². The maximum Gasteiger partial charge on any atom is 0.246 e. The molecule has 2 aliphatic rings. The number of carbonyl (C=O) groups is 1. The van der Waals surface area contributed by atoms with E-state index in [9.17, 15) is 13.2 Å². The lowest BCUT2D eigenvalue weighted by molar-refractivity contribution is -0.117. The average Bonchev–Trinajstić information content (AvgIpc) is 3.22. The van der Waals surface area contributed by atoms with E-state index in [0.717, 1.165) is 0 Å². The van der Waals surface area contributed by atoms with E-state index in [4.69, 9.17) is 4.52 Å². The molecule has 0 saturated heterocycles. The van der Waals surface area contributed by atoms with E-state index in [1.54, 1.807) is 22.8 Å². The Balaban J connectivity index is 1.83. The van der Waals surface area contributed by atoms with Gasteiger partial charge in [0.1, 0.15) is 10.5 Å². The third-order valence-corrected chi connectivity index (χ3v) is 7.45. The van der Waals surface area contributed by atoms with Crippen molar-refractivity contribution in [3.05, 3.63) is 47.0 Å². The summed E-state index contributed by atoms with van der Waals surface area (Å²) in [5, 5.41) is 6.37. The normalized spacial score (nSPS) is 17.1. The highest BCUT2D eigenvalue weighted by Crippen LogP contribution is 2.34. The third-order valence-electron chi connectivity index (χ3n) is 4.30. The average molecular weight is 411 g/mol. The van der Waals surface area contributed by atoms with Crippen molar-refractivity contribution in [1.82, 2.24) is 14.2 Å². The smallest absolute Gasteiger partial charge is 0.246 e. The van der Waals surface area contributed by atoms with Crippen LogP contribution in [0.1, 0.15) is 40.4 Å². The van der Waals surface area contributed by atoms with Crippen molar-refractivity contribution in [2.24, 2.45) is 0 Å². The van der Waals surface area contributed by atoms with Crippen LogP contribution in [0.4, 0.5) is 5.82 Å². The molecule has 146 valence electrons. The zero-order valence-corrected chi connectivity index (χ0v) is 17.4. The number of anilines is 1. The zero-order valence-electron chi connectivity index (χ0n) is 15.7. The monoisotopic (exact) mass is 410 g/mol. The number of nitrogens with zero attached hydrogens (tertiary/aromatic N) is 2. The summed E-state index contributed by atoms with van der Waals surface area (Å²) >= 11 is 1.33. The molecule has 10 heteroatoms. The molecule has 0 unspecified atom stereocenters. The van der Waals surface area contributed by atoms with Gasteiger partial charge in [0.05, 0.1) is 22.7 Å². The van der Waals surface area contributed by atoms with Crippen molar-refractivity contribution in [3.63, 3.8) is 0 Å². The Morgan fingerprint density at radius 1 is 1.30 bits per heavy atom. The van der Waals surface area contributed by atoms with Crippen molar-refractivity contribution in [2.45, 2.75) is 44.8 Å². The second-order valence-electron chi connectivity index (χ2n) is 7.76. The summed E-state index contributed by atoms with van der Waals surface area (Å²) in [6.07, 6.45) is 6.35. The molecular weight excluding hydrogens is 388 g/mol. The summed E-state index contributed by atoms with van der Waals surface area (Å²) in [7, 11) is -3.94. The summed E-state index contributed by atoms with van der Waals surface area (Å²) in [6.45, 7) is 8.59. The van der Waals surface area contributed by atoms with Gasteiger partial charge in [0.25, 0.3) is 0 Å².